The van der Waals surface area contributed by atoms with Crippen molar-refractivity contribution in [2.45, 2.75) is 20.8 Å². The van der Waals surface area contributed by atoms with E-state index in [1.165, 1.54) is 16.2 Å². The average molecular weight is 419 g/mol. The molecule has 0 radical (unpaired) electrons. The Morgan fingerprint density at radius 2 is 1.70 bits per heavy atom. The highest BCUT2D eigenvalue weighted by molar-refractivity contribution is 7.11. The van der Waals surface area contributed by atoms with Crippen LogP contribution in [0.25, 0.3) is 5.57 Å². The van der Waals surface area contributed by atoms with Gasteiger partial charge in [0, 0.05) is 10.6 Å². The lowest BCUT2D eigenvalue weighted by atomic mass is 10.1. The van der Waals surface area contributed by atoms with Crippen LogP contribution in [-0.4, -0.2) is 18.4 Å². The lowest BCUT2D eigenvalue weighted by Gasteiger charge is -2.19. The van der Waals surface area contributed by atoms with E-state index in [-0.39, 0.29) is 11.6 Å². The third-order valence-corrected chi connectivity index (χ3v) is 5.64. The van der Waals surface area contributed by atoms with E-state index in [9.17, 15) is 9.59 Å². The fraction of sp³-hybridized carbons (Fsp3) is 0.167. The molecular weight excluding hydrogens is 396 g/mol. The third-order valence-electron chi connectivity index (χ3n) is 4.75. The van der Waals surface area contributed by atoms with Gasteiger partial charge in [0.05, 0.1) is 17.9 Å². The number of rotatable bonds is 6. The summed E-state index contributed by atoms with van der Waals surface area (Å²) < 4.78 is 5.67. The summed E-state index contributed by atoms with van der Waals surface area (Å²) in [5, 5.41) is 5.12. The highest BCUT2D eigenvalue weighted by atomic mass is 32.1. The van der Waals surface area contributed by atoms with Crippen molar-refractivity contribution in [3.63, 3.8) is 0 Å². The van der Waals surface area contributed by atoms with E-state index in [2.05, 4.69) is 11.4 Å². The van der Waals surface area contributed by atoms with E-state index < -0.39 is 5.91 Å². The predicted molar refractivity (Wildman–Crippen MR) is 121 cm³/mol. The van der Waals surface area contributed by atoms with Gasteiger partial charge in [-0.1, -0.05) is 24.3 Å². The van der Waals surface area contributed by atoms with Gasteiger partial charge in [-0.25, -0.2) is 4.90 Å². The number of aryl methyl sites for hydroxylation is 2. The molecule has 1 aliphatic rings. The summed E-state index contributed by atoms with van der Waals surface area (Å²) in [6.07, 6.45) is 0. The molecule has 5 nitrogen and oxygen atoms in total. The number of nitrogens with one attached hydrogen (secondary N) is 1. The van der Waals surface area contributed by atoms with E-state index in [0.29, 0.717) is 23.6 Å². The molecule has 1 aliphatic heterocycles. The molecule has 0 bridgehead atoms. The predicted octanol–water partition coefficient (Wildman–Crippen LogP) is 5.16. The van der Waals surface area contributed by atoms with E-state index >= 15 is 0 Å². The van der Waals surface area contributed by atoms with Crippen molar-refractivity contribution in [3.05, 3.63) is 81.7 Å². The number of benzene rings is 2. The quantitative estimate of drug-likeness (QED) is 0.562. The first-order chi connectivity index (χ1) is 14.5. The van der Waals surface area contributed by atoms with Gasteiger partial charge < -0.3 is 10.1 Å². The molecule has 0 saturated heterocycles. The Bertz CT molecular complexity index is 1130. The molecule has 0 saturated carbocycles. The molecule has 1 N–H and O–H groups in total. The number of thiophene rings is 1. The summed E-state index contributed by atoms with van der Waals surface area (Å²) in [6.45, 7) is 6.30. The molecule has 1 aromatic heterocycles. The van der Waals surface area contributed by atoms with Gasteiger partial charge in [0.1, 0.15) is 11.4 Å². The molecule has 3 aromatic rings. The number of para-hydroxylation sites is 2. The fourth-order valence-electron chi connectivity index (χ4n) is 3.62. The van der Waals surface area contributed by atoms with Crippen LogP contribution in [0, 0.1) is 13.8 Å². The summed E-state index contributed by atoms with van der Waals surface area (Å²) in [6, 6.07) is 16.8. The molecule has 0 atom stereocenters. The van der Waals surface area contributed by atoms with Crippen molar-refractivity contribution >= 4 is 40.1 Å². The van der Waals surface area contributed by atoms with E-state index in [0.717, 1.165) is 21.7 Å². The lowest BCUT2D eigenvalue weighted by Crippen LogP contribution is -2.32. The number of carbonyl (C=O) groups is 2. The van der Waals surface area contributed by atoms with E-state index in [4.69, 9.17) is 4.74 Å². The van der Waals surface area contributed by atoms with Gasteiger partial charge in [0.2, 0.25) is 0 Å². The van der Waals surface area contributed by atoms with Crippen LogP contribution in [0.2, 0.25) is 0 Å². The summed E-state index contributed by atoms with van der Waals surface area (Å²) in [4.78, 5) is 28.9. The summed E-state index contributed by atoms with van der Waals surface area (Å²) in [5.74, 6) is -0.254. The first kappa shape index (κ1) is 19.9. The zero-order valence-electron chi connectivity index (χ0n) is 17.1. The largest absolute Gasteiger partial charge is 0.492 e. The normalized spacial score (nSPS) is 13.9. The summed E-state index contributed by atoms with van der Waals surface area (Å²) >= 11 is 1.43. The molecule has 0 fully saturated rings. The Labute approximate surface area is 179 Å². The van der Waals surface area contributed by atoms with Crippen LogP contribution in [-0.2, 0) is 9.59 Å². The van der Waals surface area contributed by atoms with Crippen LogP contribution in [0.4, 0.5) is 11.4 Å². The average Bonchev–Trinajstić information content (AvgIpc) is 3.29. The van der Waals surface area contributed by atoms with Crippen molar-refractivity contribution in [3.8, 4) is 5.75 Å². The van der Waals surface area contributed by atoms with Crippen LogP contribution in [0.15, 0.2) is 65.7 Å². The maximum Gasteiger partial charge on any atom is 0.282 e. The molecule has 0 spiro atoms. The Morgan fingerprint density at radius 1 is 0.967 bits per heavy atom. The number of anilines is 2. The van der Waals surface area contributed by atoms with Crippen molar-refractivity contribution in [1.82, 2.24) is 0 Å². The number of hydrogen-bond donors (Lipinski definition) is 1. The van der Waals surface area contributed by atoms with Gasteiger partial charge in [0.15, 0.2) is 0 Å². The summed E-state index contributed by atoms with van der Waals surface area (Å²) in [7, 11) is 0. The molecular formula is C24H22N2O3S. The molecule has 2 aromatic carbocycles. The first-order valence-electron chi connectivity index (χ1n) is 9.73. The number of carbonyl (C=O) groups excluding carboxylic acids is 2. The molecule has 6 heteroatoms. The monoisotopic (exact) mass is 418 g/mol. The van der Waals surface area contributed by atoms with Gasteiger partial charge >= 0.3 is 0 Å². The second-order valence-electron chi connectivity index (χ2n) is 7.08. The van der Waals surface area contributed by atoms with E-state index in [1.807, 2.05) is 56.5 Å². The van der Waals surface area contributed by atoms with E-state index in [1.54, 1.807) is 18.2 Å². The summed E-state index contributed by atoms with van der Waals surface area (Å²) in [5.41, 5.74) is 4.02. The zero-order chi connectivity index (χ0) is 21.3. The van der Waals surface area contributed by atoms with Crippen molar-refractivity contribution in [1.29, 1.82) is 0 Å². The van der Waals surface area contributed by atoms with Crippen LogP contribution in [0.3, 0.4) is 0 Å². The Balaban J connectivity index is 1.81. The molecule has 4 rings (SSSR count). The van der Waals surface area contributed by atoms with Gasteiger partial charge in [-0.05, 0) is 67.6 Å². The van der Waals surface area contributed by atoms with Crippen LogP contribution >= 0.6 is 11.3 Å². The maximum atomic E-state index is 13.5. The number of imide groups is 1. The topological polar surface area (TPSA) is 58.6 Å². The standard InChI is InChI=1S/C24H22N2O3S/c1-4-29-19-9-6-5-8-18(19)26-23(27)21(20-10-7-11-30-20)22(24(26)28)25-17-13-15(2)12-16(3)14-17/h5-14,25H,4H2,1-3H3. The van der Waals surface area contributed by atoms with Gasteiger partial charge in [0.25, 0.3) is 11.8 Å². The fourth-order valence-corrected chi connectivity index (χ4v) is 4.39. The molecule has 0 unspecified atom stereocenters. The molecule has 0 aliphatic carbocycles. The minimum atomic E-state index is -0.394. The van der Waals surface area contributed by atoms with Crippen molar-refractivity contribution < 1.29 is 14.3 Å². The highest BCUT2D eigenvalue weighted by Crippen LogP contribution is 2.39. The maximum absolute atomic E-state index is 13.5. The van der Waals surface area contributed by atoms with Gasteiger partial charge in [-0.15, -0.1) is 11.3 Å². The molecule has 152 valence electrons. The minimum Gasteiger partial charge on any atom is -0.492 e. The minimum absolute atomic E-state index is 0.277. The molecule has 2 amide bonds. The van der Waals surface area contributed by atoms with Gasteiger partial charge in [-0.3, -0.25) is 9.59 Å². The Kier molecular flexibility index (Phi) is 5.42. The first-order valence-corrected chi connectivity index (χ1v) is 10.6. The number of hydrogen-bond acceptors (Lipinski definition) is 5. The van der Waals surface area contributed by atoms with Crippen LogP contribution in [0.1, 0.15) is 22.9 Å². The highest BCUT2D eigenvalue weighted by Gasteiger charge is 2.41. The van der Waals surface area contributed by atoms with Crippen molar-refractivity contribution in [2.24, 2.45) is 0 Å². The second-order valence-corrected chi connectivity index (χ2v) is 8.02. The second kappa shape index (κ2) is 8.16. The number of amides is 2. The van der Waals surface area contributed by atoms with Crippen molar-refractivity contribution in [2.75, 3.05) is 16.8 Å². The van der Waals surface area contributed by atoms with Crippen LogP contribution < -0.4 is 15.0 Å². The number of nitrogens with zero attached hydrogens (tertiary/aromatic N) is 1. The Morgan fingerprint density at radius 3 is 2.37 bits per heavy atom. The van der Waals surface area contributed by atoms with Gasteiger partial charge in [-0.2, -0.15) is 0 Å². The Hall–Kier alpha value is -3.38. The van der Waals surface area contributed by atoms with Crippen LogP contribution in [0.5, 0.6) is 5.75 Å². The lowest BCUT2D eigenvalue weighted by molar-refractivity contribution is -0.120. The molecule has 30 heavy (non-hydrogen) atoms. The zero-order valence-corrected chi connectivity index (χ0v) is 17.9. The third kappa shape index (κ3) is 3.62. The SMILES string of the molecule is CCOc1ccccc1N1C(=O)C(Nc2cc(C)cc(C)c2)=C(c2cccs2)C1=O. The molecule has 2 heterocycles. The number of ether oxygens (including phenoxy) is 1. The smallest absolute Gasteiger partial charge is 0.282 e.